The second kappa shape index (κ2) is 5.47. The van der Waals surface area contributed by atoms with Gasteiger partial charge in [0.15, 0.2) is 0 Å². The summed E-state index contributed by atoms with van der Waals surface area (Å²) in [6.45, 7) is 5.22. The molecule has 5 nitrogen and oxygen atoms in total. The number of fused-ring (bicyclic) bond motifs is 1. The number of aliphatic carboxylic acids is 1. The average molecular weight is 347 g/mol. The topological polar surface area (TPSA) is 72.8 Å². The highest BCUT2D eigenvalue weighted by Gasteiger charge is 2.41. The third kappa shape index (κ3) is 2.97. The van der Waals surface area contributed by atoms with E-state index in [9.17, 15) is 14.5 Å². The van der Waals surface area contributed by atoms with E-state index in [1.165, 1.54) is 6.66 Å². The maximum Gasteiger partial charge on any atom is 0.347 e. The number of hydrogen-bond acceptors (Lipinski definition) is 4. The van der Waals surface area contributed by atoms with E-state index in [1.54, 1.807) is 6.92 Å². The Morgan fingerprint density at radius 1 is 1.32 bits per heavy atom. The van der Waals surface area contributed by atoms with Crippen molar-refractivity contribution in [1.29, 1.82) is 0 Å². The zero-order chi connectivity index (χ0) is 16.9. The van der Waals surface area contributed by atoms with E-state index in [0.717, 1.165) is 22.3 Å². The number of halogens is 1. The van der Waals surface area contributed by atoms with E-state index in [2.05, 4.69) is 0 Å². The van der Waals surface area contributed by atoms with E-state index < -0.39 is 18.3 Å². The predicted octanol–water partition coefficient (Wildman–Crippen LogP) is 4.22. The average Bonchev–Trinajstić information content (AvgIpc) is 2.40. The molecule has 22 heavy (non-hydrogen) atoms. The number of hydrogen-bond donors (Lipinski definition) is 1. The van der Waals surface area contributed by atoms with Crippen LogP contribution in [0, 0.1) is 20.8 Å². The van der Waals surface area contributed by atoms with Crippen LogP contribution in [0.4, 0.5) is 0 Å². The first-order valence-electron chi connectivity index (χ1n) is 6.98. The van der Waals surface area contributed by atoms with Gasteiger partial charge in [-0.05, 0) is 62.0 Å². The van der Waals surface area contributed by atoms with Crippen LogP contribution in [0.15, 0.2) is 0 Å². The van der Waals surface area contributed by atoms with Crippen LogP contribution in [0.1, 0.15) is 35.6 Å². The fourth-order valence-electron chi connectivity index (χ4n) is 2.69. The fourth-order valence-corrected chi connectivity index (χ4v) is 3.49. The summed E-state index contributed by atoms with van der Waals surface area (Å²) in [5.41, 5.74) is 2.00. The van der Waals surface area contributed by atoms with E-state index in [-0.39, 0.29) is 0 Å². The highest BCUT2D eigenvalue weighted by molar-refractivity contribution is 7.85. The van der Waals surface area contributed by atoms with Crippen molar-refractivity contribution in [2.75, 3.05) is 6.66 Å². The Labute approximate surface area is 134 Å². The van der Waals surface area contributed by atoms with Crippen LogP contribution in [-0.2, 0) is 15.8 Å². The number of carboxylic acids is 1. The summed E-state index contributed by atoms with van der Waals surface area (Å²) < 4.78 is 23.1. The largest absolute Gasteiger partial charge is 0.478 e. The molecule has 0 bridgehead atoms. The molecule has 0 saturated carbocycles. The summed E-state index contributed by atoms with van der Waals surface area (Å²) in [6.07, 6.45) is 0.917. The van der Waals surface area contributed by atoms with Crippen LogP contribution >= 0.6 is 18.0 Å². The molecule has 2 rings (SSSR count). The first-order valence-corrected chi connectivity index (χ1v) is 9.96. The van der Waals surface area contributed by atoms with Crippen molar-refractivity contribution in [3.05, 3.63) is 22.3 Å². The first kappa shape index (κ1) is 17.2. The van der Waals surface area contributed by atoms with Gasteiger partial charge in [0.2, 0.25) is 5.60 Å². The Hall–Kier alpha value is -1.19. The molecule has 1 heterocycles. The summed E-state index contributed by atoms with van der Waals surface area (Å²) in [5.74, 6) is 0.102. The van der Waals surface area contributed by atoms with Gasteiger partial charge in [0.1, 0.15) is 11.5 Å². The van der Waals surface area contributed by atoms with Crippen molar-refractivity contribution < 1.29 is 23.7 Å². The SMILES string of the molecule is Cc1c(C)c2c(c(C)c1OP(C)(=O)Cl)CCC(C)(C(=O)O)O2. The summed E-state index contributed by atoms with van der Waals surface area (Å²) >= 11 is 5.76. The van der Waals surface area contributed by atoms with Gasteiger partial charge in [0.05, 0.1) is 0 Å². The van der Waals surface area contributed by atoms with Crippen molar-refractivity contribution >= 4 is 23.9 Å². The third-order valence-electron chi connectivity index (χ3n) is 4.20. The lowest BCUT2D eigenvalue weighted by Crippen LogP contribution is -2.44. The van der Waals surface area contributed by atoms with Crippen molar-refractivity contribution in [3.63, 3.8) is 0 Å². The molecule has 7 heteroatoms. The lowest BCUT2D eigenvalue weighted by Gasteiger charge is -2.35. The van der Waals surface area contributed by atoms with Crippen LogP contribution in [0.25, 0.3) is 0 Å². The molecule has 1 aromatic carbocycles. The molecule has 0 aromatic heterocycles. The molecule has 2 unspecified atom stereocenters. The molecule has 2 atom stereocenters. The molecular formula is C15H20ClO5P. The maximum absolute atomic E-state index is 11.8. The van der Waals surface area contributed by atoms with Crippen molar-refractivity contribution in [3.8, 4) is 11.5 Å². The van der Waals surface area contributed by atoms with E-state index >= 15 is 0 Å². The summed E-state index contributed by atoms with van der Waals surface area (Å²) in [6, 6.07) is 0. The third-order valence-corrected chi connectivity index (χ3v) is 4.91. The lowest BCUT2D eigenvalue weighted by atomic mass is 9.87. The first-order chi connectivity index (χ1) is 9.96. The Bertz CT molecular complexity index is 694. The van der Waals surface area contributed by atoms with Gasteiger partial charge in [-0.1, -0.05) is 0 Å². The number of benzene rings is 1. The molecule has 0 spiro atoms. The molecule has 1 aromatic rings. The summed E-state index contributed by atoms with van der Waals surface area (Å²) in [7, 11) is 0. The molecule has 0 radical (unpaired) electrons. The van der Waals surface area contributed by atoms with Gasteiger partial charge < -0.3 is 14.4 Å². The highest BCUT2D eigenvalue weighted by Crippen LogP contribution is 2.52. The monoisotopic (exact) mass is 346 g/mol. The van der Waals surface area contributed by atoms with Gasteiger partial charge in [0, 0.05) is 18.6 Å². The van der Waals surface area contributed by atoms with E-state index in [4.69, 9.17) is 20.5 Å². The minimum Gasteiger partial charge on any atom is -0.478 e. The minimum atomic E-state index is -3.20. The van der Waals surface area contributed by atoms with Crippen LogP contribution < -0.4 is 9.26 Å². The molecule has 1 aliphatic rings. The molecule has 0 aliphatic carbocycles. The smallest absolute Gasteiger partial charge is 0.347 e. The van der Waals surface area contributed by atoms with Crippen LogP contribution in [0.5, 0.6) is 11.5 Å². The number of carboxylic acid groups (broad SMARTS) is 1. The molecule has 0 amide bonds. The standard InChI is InChI=1S/C15H20ClO5P/c1-8-9(2)13-11(6-7-15(4,20-13)14(17)18)10(3)12(8)21-22(5,16)19/h6-7H2,1-5H3,(H,17,18). The van der Waals surface area contributed by atoms with Crippen molar-refractivity contribution in [2.45, 2.75) is 46.1 Å². The van der Waals surface area contributed by atoms with Crippen molar-refractivity contribution in [1.82, 2.24) is 0 Å². The number of rotatable bonds is 3. The van der Waals surface area contributed by atoms with Crippen LogP contribution in [0.3, 0.4) is 0 Å². The zero-order valence-electron chi connectivity index (χ0n) is 13.3. The Kier molecular flexibility index (Phi) is 4.27. The molecule has 0 saturated heterocycles. The van der Waals surface area contributed by atoms with Crippen LogP contribution in [0.2, 0.25) is 0 Å². The molecule has 122 valence electrons. The van der Waals surface area contributed by atoms with Crippen LogP contribution in [-0.4, -0.2) is 23.3 Å². The highest BCUT2D eigenvalue weighted by atomic mass is 35.7. The fraction of sp³-hybridized carbons (Fsp3) is 0.533. The second-order valence-corrected chi connectivity index (χ2v) is 9.51. The maximum atomic E-state index is 11.8. The molecule has 1 aliphatic heterocycles. The predicted molar refractivity (Wildman–Crippen MR) is 85.7 cm³/mol. The van der Waals surface area contributed by atoms with Gasteiger partial charge in [-0.15, -0.1) is 0 Å². The lowest BCUT2D eigenvalue weighted by molar-refractivity contribution is -0.155. The normalized spacial score (nSPS) is 23.2. The van der Waals surface area contributed by atoms with Gasteiger partial charge in [0.25, 0.3) is 0 Å². The Morgan fingerprint density at radius 2 is 1.91 bits per heavy atom. The summed E-state index contributed by atoms with van der Waals surface area (Å²) in [4.78, 5) is 11.4. The number of carbonyl (C=O) groups is 1. The van der Waals surface area contributed by atoms with Gasteiger partial charge in [-0.25, -0.2) is 4.79 Å². The second-order valence-electron chi connectivity index (χ2n) is 5.99. The molecule has 0 fully saturated rings. The zero-order valence-corrected chi connectivity index (χ0v) is 15.0. The summed E-state index contributed by atoms with van der Waals surface area (Å²) in [5, 5.41) is 9.36. The Morgan fingerprint density at radius 3 is 2.41 bits per heavy atom. The van der Waals surface area contributed by atoms with E-state index in [1.807, 2.05) is 20.8 Å². The van der Waals surface area contributed by atoms with E-state index in [0.29, 0.717) is 24.3 Å². The molecule has 1 N–H and O–H groups in total. The quantitative estimate of drug-likeness (QED) is 0.829. The Balaban J connectivity index is 2.59. The minimum absolute atomic E-state index is 0.364. The van der Waals surface area contributed by atoms with Crippen molar-refractivity contribution in [2.24, 2.45) is 0 Å². The van der Waals surface area contributed by atoms with Gasteiger partial charge in [-0.2, -0.15) is 0 Å². The van der Waals surface area contributed by atoms with Gasteiger partial charge in [-0.3, -0.25) is 4.57 Å². The molecular weight excluding hydrogens is 327 g/mol. The number of ether oxygens (including phenoxy) is 1. The van der Waals surface area contributed by atoms with Gasteiger partial charge >= 0.3 is 12.7 Å².